The van der Waals surface area contributed by atoms with Crippen molar-refractivity contribution >= 4 is 38.1 Å². The fraction of sp³-hybridized carbons (Fsp3) is 0.400. The Balaban J connectivity index is 2.37. The third-order valence-electron chi connectivity index (χ3n) is 3.99. The van der Waals surface area contributed by atoms with Crippen LogP contribution in [-0.2, 0) is 5.54 Å². The van der Waals surface area contributed by atoms with Gasteiger partial charge < -0.3 is 4.90 Å². The summed E-state index contributed by atoms with van der Waals surface area (Å²) in [6.45, 7) is 6.82. The number of fused-ring (bicyclic) bond motifs is 3. The average molecular weight is 309 g/mol. The van der Waals surface area contributed by atoms with Gasteiger partial charge in [0.2, 0.25) is 0 Å². The van der Waals surface area contributed by atoms with Gasteiger partial charge in [0.05, 0.1) is 11.1 Å². The highest BCUT2D eigenvalue weighted by atomic mass is 32.9. The van der Waals surface area contributed by atoms with Crippen LogP contribution in [0.3, 0.4) is 0 Å². The number of nitrogens with zero attached hydrogens (tertiary/aromatic N) is 1. The third-order valence-corrected chi connectivity index (χ3v) is 8.19. The number of anilines is 1. The van der Waals surface area contributed by atoms with Gasteiger partial charge in [0, 0.05) is 18.3 Å². The molecule has 2 aromatic rings. The zero-order valence-corrected chi connectivity index (χ0v) is 14.4. The summed E-state index contributed by atoms with van der Waals surface area (Å²) in [4.78, 5) is 3.92. The molecule has 1 aliphatic rings. The number of aryl methyl sites for hydroxylation is 1. The Hall–Kier alpha value is -0.580. The minimum Gasteiger partial charge on any atom is -0.364 e. The van der Waals surface area contributed by atoms with Gasteiger partial charge in [-0.15, -0.1) is 0 Å². The van der Waals surface area contributed by atoms with Crippen LogP contribution >= 0.6 is 32.4 Å². The SMILES string of the molecule is CSc1[s+]sc2c1-c1cc(C)ccc1N(C)C2(C)C. The fourth-order valence-electron chi connectivity index (χ4n) is 2.63. The summed E-state index contributed by atoms with van der Waals surface area (Å²) in [7, 11) is 6.06. The maximum atomic E-state index is 2.41. The highest BCUT2D eigenvalue weighted by Crippen LogP contribution is 2.54. The van der Waals surface area contributed by atoms with Crippen molar-refractivity contribution in [2.24, 2.45) is 0 Å². The first-order valence-corrected chi connectivity index (χ1v) is 9.69. The van der Waals surface area contributed by atoms with Crippen LogP contribution < -0.4 is 4.90 Å². The van der Waals surface area contributed by atoms with Crippen molar-refractivity contribution in [1.29, 1.82) is 0 Å². The Morgan fingerprint density at radius 2 is 2.05 bits per heavy atom. The van der Waals surface area contributed by atoms with Gasteiger partial charge in [0.15, 0.2) is 10.3 Å². The van der Waals surface area contributed by atoms with Crippen LogP contribution in [0.2, 0.25) is 0 Å². The maximum absolute atomic E-state index is 2.41. The van der Waals surface area contributed by atoms with E-state index in [1.807, 2.05) is 32.4 Å². The van der Waals surface area contributed by atoms with E-state index in [0.29, 0.717) is 0 Å². The first-order chi connectivity index (χ1) is 8.96. The highest BCUT2D eigenvalue weighted by molar-refractivity contribution is 8.02. The van der Waals surface area contributed by atoms with Crippen LogP contribution in [0.25, 0.3) is 11.1 Å². The average Bonchev–Trinajstić information content (AvgIpc) is 2.81. The Morgan fingerprint density at radius 1 is 1.32 bits per heavy atom. The molecule has 2 heterocycles. The minimum absolute atomic E-state index is 0.0761. The Kier molecular flexibility index (Phi) is 3.15. The summed E-state index contributed by atoms with van der Waals surface area (Å²) in [5, 5.41) is 0. The third kappa shape index (κ3) is 1.84. The monoisotopic (exact) mass is 308 g/mol. The molecule has 0 atom stereocenters. The summed E-state index contributed by atoms with van der Waals surface area (Å²) in [5.41, 5.74) is 5.64. The van der Waals surface area contributed by atoms with Gasteiger partial charge in [-0.25, -0.2) is 0 Å². The van der Waals surface area contributed by atoms with Gasteiger partial charge in [0.25, 0.3) is 4.21 Å². The van der Waals surface area contributed by atoms with Crippen molar-refractivity contribution in [3.05, 3.63) is 28.6 Å². The normalized spacial score (nSPS) is 16.2. The molecule has 19 heavy (non-hydrogen) atoms. The van der Waals surface area contributed by atoms with Crippen LogP contribution in [0.1, 0.15) is 24.3 Å². The summed E-state index contributed by atoms with van der Waals surface area (Å²) >= 11 is 1.87. The molecule has 4 heteroatoms. The first kappa shape index (κ1) is 13.4. The van der Waals surface area contributed by atoms with E-state index in [4.69, 9.17) is 0 Å². The molecule has 1 aliphatic heterocycles. The first-order valence-electron chi connectivity index (χ1n) is 6.32. The molecule has 1 aromatic heterocycles. The van der Waals surface area contributed by atoms with E-state index in [1.165, 1.54) is 31.5 Å². The lowest BCUT2D eigenvalue weighted by molar-refractivity contribution is 0.520. The highest BCUT2D eigenvalue weighted by Gasteiger charge is 2.42. The quantitative estimate of drug-likeness (QED) is 0.390. The van der Waals surface area contributed by atoms with Gasteiger partial charge in [-0.2, -0.15) is 0 Å². The van der Waals surface area contributed by atoms with Gasteiger partial charge in [-0.1, -0.05) is 23.4 Å². The molecule has 0 fully saturated rings. The van der Waals surface area contributed by atoms with Gasteiger partial charge >= 0.3 is 10.3 Å². The van der Waals surface area contributed by atoms with E-state index in [9.17, 15) is 0 Å². The predicted octanol–water partition coefficient (Wildman–Crippen LogP) is 5.47. The molecule has 3 rings (SSSR count). The predicted molar refractivity (Wildman–Crippen MR) is 90.0 cm³/mol. The van der Waals surface area contributed by atoms with Crippen molar-refractivity contribution < 1.29 is 0 Å². The molecule has 1 aromatic carbocycles. The van der Waals surface area contributed by atoms with Crippen LogP contribution in [0.5, 0.6) is 0 Å². The summed E-state index contributed by atoms with van der Waals surface area (Å²) < 4.78 is 1.45. The second-order valence-electron chi connectivity index (χ2n) is 5.50. The number of hydrogen-bond acceptors (Lipinski definition) is 3. The zero-order chi connectivity index (χ0) is 13.8. The van der Waals surface area contributed by atoms with E-state index < -0.39 is 0 Å². The van der Waals surface area contributed by atoms with Crippen molar-refractivity contribution in [3.8, 4) is 11.1 Å². The van der Waals surface area contributed by atoms with Crippen LogP contribution in [-0.4, -0.2) is 13.3 Å². The van der Waals surface area contributed by atoms with Gasteiger partial charge in [-0.05, 0) is 39.2 Å². The number of rotatable bonds is 1. The van der Waals surface area contributed by atoms with E-state index >= 15 is 0 Å². The number of hydrogen-bond donors (Lipinski definition) is 0. The second kappa shape index (κ2) is 4.47. The molecular formula is C15H18NS3+. The second-order valence-corrected chi connectivity index (χ2v) is 8.73. The molecule has 0 unspecified atom stereocenters. The maximum Gasteiger partial charge on any atom is 0.308 e. The number of benzene rings is 1. The van der Waals surface area contributed by atoms with Crippen LogP contribution in [0, 0.1) is 6.92 Å². The van der Waals surface area contributed by atoms with Crippen molar-refractivity contribution in [1.82, 2.24) is 0 Å². The smallest absolute Gasteiger partial charge is 0.308 e. The molecule has 0 aliphatic carbocycles. The largest absolute Gasteiger partial charge is 0.364 e. The summed E-state index contributed by atoms with van der Waals surface area (Å²) in [6.07, 6.45) is 2.18. The molecule has 1 nitrogen and oxygen atoms in total. The lowest BCUT2D eigenvalue weighted by Crippen LogP contribution is -2.40. The fourth-order valence-corrected chi connectivity index (χ4v) is 7.04. The zero-order valence-electron chi connectivity index (χ0n) is 11.9. The minimum atomic E-state index is 0.0761. The molecule has 0 radical (unpaired) electrons. The van der Waals surface area contributed by atoms with Crippen LogP contribution in [0.15, 0.2) is 22.4 Å². The molecule has 0 saturated heterocycles. The van der Waals surface area contributed by atoms with Crippen molar-refractivity contribution in [3.63, 3.8) is 0 Å². The Bertz CT molecular complexity index is 643. The van der Waals surface area contributed by atoms with E-state index in [-0.39, 0.29) is 5.54 Å². The van der Waals surface area contributed by atoms with Gasteiger partial charge in [0.1, 0.15) is 4.88 Å². The van der Waals surface area contributed by atoms with Crippen LogP contribution in [0.4, 0.5) is 5.69 Å². The molecule has 0 bridgehead atoms. The van der Waals surface area contributed by atoms with E-state index in [0.717, 1.165) is 0 Å². The standard InChI is InChI=1S/C15H18NS3/c1-9-6-7-11-10(8-9)12-13(15(2,3)16(11)4)18-19-14(12)17-5/h6-8H,1-5H3/q+1. The summed E-state index contributed by atoms with van der Waals surface area (Å²) in [6, 6.07) is 6.81. The molecule has 0 amide bonds. The summed E-state index contributed by atoms with van der Waals surface area (Å²) in [5.74, 6) is 0. The van der Waals surface area contributed by atoms with E-state index in [2.05, 4.69) is 57.2 Å². The Labute approximate surface area is 126 Å². The lowest BCUT2D eigenvalue weighted by Gasteiger charge is -2.41. The van der Waals surface area contributed by atoms with Crippen molar-refractivity contribution in [2.75, 3.05) is 18.2 Å². The van der Waals surface area contributed by atoms with E-state index in [1.54, 1.807) is 0 Å². The van der Waals surface area contributed by atoms with Crippen molar-refractivity contribution in [2.45, 2.75) is 30.5 Å². The number of thioether (sulfide) groups is 1. The Morgan fingerprint density at radius 3 is 2.74 bits per heavy atom. The van der Waals surface area contributed by atoms with Gasteiger partial charge in [-0.3, -0.25) is 0 Å². The molecule has 0 spiro atoms. The molecule has 0 saturated carbocycles. The molecule has 100 valence electrons. The molecular weight excluding hydrogens is 290 g/mol. The lowest BCUT2D eigenvalue weighted by atomic mass is 9.87. The topological polar surface area (TPSA) is 3.24 Å². The molecule has 0 N–H and O–H groups in total.